The van der Waals surface area contributed by atoms with Crippen LogP contribution in [0.4, 0.5) is 0 Å². The Morgan fingerprint density at radius 1 is 1.36 bits per heavy atom. The summed E-state index contributed by atoms with van der Waals surface area (Å²) in [6, 6.07) is 5.48. The molecule has 0 aliphatic rings. The molecule has 0 saturated heterocycles. The van der Waals surface area contributed by atoms with Crippen molar-refractivity contribution in [1.29, 1.82) is 0 Å². The van der Waals surface area contributed by atoms with Gasteiger partial charge in [0.15, 0.2) is 11.5 Å². The standard InChI is InChI=1S/C17H22N4O3S/c1-5-23-15-8-13(6-7-14(15)24-10-11(2)3)9-18-21-16(22)12(4)19-20-17(21)25/h6-9,11H,5,10H2,1-4H3,(H,20,25)/b18-9-. The molecule has 1 aromatic carbocycles. The van der Waals surface area contributed by atoms with Gasteiger partial charge in [0.25, 0.3) is 5.56 Å². The third-order valence-corrected chi connectivity index (χ3v) is 3.44. The van der Waals surface area contributed by atoms with E-state index in [4.69, 9.17) is 21.7 Å². The first-order valence-corrected chi connectivity index (χ1v) is 8.45. The maximum absolute atomic E-state index is 12.0. The van der Waals surface area contributed by atoms with E-state index in [9.17, 15) is 4.79 Å². The van der Waals surface area contributed by atoms with E-state index in [2.05, 4.69) is 29.1 Å². The van der Waals surface area contributed by atoms with Gasteiger partial charge in [0.2, 0.25) is 4.77 Å². The lowest BCUT2D eigenvalue weighted by molar-refractivity contribution is 0.248. The fourth-order valence-corrected chi connectivity index (χ4v) is 2.13. The van der Waals surface area contributed by atoms with E-state index in [1.165, 1.54) is 0 Å². The van der Waals surface area contributed by atoms with Crippen LogP contribution in [0.25, 0.3) is 0 Å². The molecule has 1 N–H and O–H groups in total. The monoisotopic (exact) mass is 362 g/mol. The summed E-state index contributed by atoms with van der Waals surface area (Å²) in [6.07, 6.45) is 1.54. The maximum Gasteiger partial charge on any atom is 0.296 e. The third kappa shape index (κ3) is 4.99. The van der Waals surface area contributed by atoms with Gasteiger partial charge in [-0.25, -0.2) is 0 Å². The molecule has 2 aromatic rings. The summed E-state index contributed by atoms with van der Waals surface area (Å²) in [5.74, 6) is 1.73. The molecule has 0 aliphatic heterocycles. The van der Waals surface area contributed by atoms with Gasteiger partial charge in [-0.05, 0) is 55.7 Å². The highest BCUT2D eigenvalue weighted by Crippen LogP contribution is 2.28. The van der Waals surface area contributed by atoms with Crippen LogP contribution in [0.1, 0.15) is 32.0 Å². The number of aryl methyl sites for hydroxylation is 1. The molecule has 25 heavy (non-hydrogen) atoms. The van der Waals surface area contributed by atoms with Crippen LogP contribution in [0, 0.1) is 17.6 Å². The molecule has 0 spiro atoms. The summed E-state index contributed by atoms with van der Waals surface area (Å²) in [6.45, 7) is 8.79. The van der Waals surface area contributed by atoms with Crippen molar-refractivity contribution in [2.24, 2.45) is 11.0 Å². The number of ether oxygens (including phenoxy) is 2. The lowest BCUT2D eigenvalue weighted by Crippen LogP contribution is -2.22. The molecule has 0 aliphatic carbocycles. The molecule has 0 atom stereocenters. The van der Waals surface area contributed by atoms with Crippen LogP contribution in [0.5, 0.6) is 11.5 Å². The zero-order valence-corrected chi connectivity index (χ0v) is 15.6. The van der Waals surface area contributed by atoms with Crippen molar-refractivity contribution >= 4 is 18.4 Å². The Morgan fingerprint density at radius 2 is 2.12 bits per heavy atom. The SMILES string of the molecule is CCOc1cc(/C=N\n2c(=S)[nH]nc(C)c2=O)ccc1OCC(C)C. The van der Waals surface area contributed by atoms with E-state index >= 15 is 0 Å². The first-order chi connectivity index (χ1) is 11.9. The molecule has 8 heteroatoms. The van der Waals surface area contributed by atoms with Gasteiger partial charge in [-0.15, -0.1) is 0 Å². The molecular weight excluding hydrogens is 340 g/mol. The Labute approximate surface area is 151 Å². The van der Waals surface area contributed by atoms with E-state index in [1.54, 1.807) is 13.1 Å². The molecule has 0 amide bonds. The minimum atomic E-state index is -0.359. The number of aromatic nitrogens is 3. The highest BCUT2D eigenvalue weighted by molar-refractivity contribution is 7.71. The average molecular weight is 362 g/mol. The van der Waals surface area contributed by atoms with Crippen LogP contribution in [0.15, 0.2) is 28.1 Å². The second-order valence-electron chi connectivity index (χ2n) is 5.82. The molecule has 0 bridgehead atoms. The molecule has 1 heterocycles. The number of aromatic amines is 1. The quantitative estimate of drug-likeness (QED) is 0.605. The van der Waals surface area contributed by atoms with Gasteiger partial charge in [-0.2, -0.15) is 14.9 Å². The lowest BCUT2D eigenvalue weighted by Gasteiger charge is -2.13. The van der Waals surface area contributed by atoms with Crippen molar-refractivity contribution in [3.63, 3.8) is 0 Å². The summed E-state index contributed by atoms with van der Waals surface area (Å²) < 4.78 is 12.6. The number of nitrogens with zero attached hydrogens (tertiary/aromatic N) is 3. The van der Waals surface area contributed by atoms with Gasteiger partial charge in [0.05, 0.1) is 19.4 Å². The van der Waals surface area contributed by atoms with E-state index in [-0.39, 0.29) is 16.0 Å². The molecule has 0 unspecified atom stereocenters. The average Bonchev–Trinajstić information content (AvgIpc) is 2.57. The predicted octanol–water partition coefficient (Wildman–Crippen LogP) is 2.93. The molecule has 7 nitrogen and oxygen atoms in total. The van der Waals surface area contributed by atoms with Gasteiger partial charge in [-0.3, -0.25) is 9.89 Å². The van der Waals surface area contributed by atoms with Gasteiger partial charge < -0.3 is 9.47 Å². The van der Waals surface area contributed by atoms with Crippen LogP contribution < -0.4 is 15.0 Å². The van der Waals surface area contributed by atoms with E-state index in [0.29, 0.717) is 30.6 Å². The van der Waals surface area contributed by atoms with Crippen molar-refractivity contribution in [1.82, 2.24) is 14.9 Å². The Hall–Kier alpha value is -2.48. The molecule has 0 saturated carbocycles. The van der Waals surface area contributed by atoms with E-state index < -0.39 is 0 Å². The fourth-order valence-electron chi connectivity index (χ4n) is 1.95. The van der Waals surface area contributed by atoms with Gasteiger partial charge in [0.1, 0.15) is 5.69 Å². The maximum atomic E-state index is 12.0. The van der Waals surface area contributed by atoms with Crippen LogP contribution in [0.3, 0.4) is 0 Å². The Morgan fingerprint density at radius 3 is 2.80 bits per heavy atom. The number of H-pyrrole nitrogens is 1. The van der Waals surface area contributed by atoms with Crippen molar-refractivity contribution in [3.05, 3.63) is 44.6 Å². The normalized spacial score (nSPS) is 11.2. The predicted molar refractivity (Wildman–Crippen MR) is 99.4 cm³/mol. The Kier molecular flexibility index (Phi) is 6.46. The smallest absolute Gasteiger partial charge is 0.296 e. The van der Waals surface area contributed by atoms with Crippen molar-refractivity contribution in [2.45, 2.75) is 27.7 Å². The molecule has 134 valence electrons. The van der Waals surface area contributed by atoms with Crippen LogP contribution in [-0.4, -0.2) is 34.3 Å². The molecule has 0 fully saturated rings. The number of nitrogens with one attached hydrogen (secondary N) is 1. The summed E-state index contributed by atoms with van der Waals surface area (Å²) in [4.78, 5) is 12.0. The van der Waals surface area contributed by atoms with Gasteiger partial charge >= 0.3 is 0 Å². The summed E-state index contributed by atoms with van der Waals surface area (Å²) in [5, 5.41) is 10.5. The summed E-state index contributed by atoms with van der Waals surface area (Å²) in [5.41, 5.74) is 0.691. The Bertz CT molecular complexity index is 871. The molecular formula is C17H22N4O3S. The first kappa shape index (κ1) is 18.9. The number of hydrogen-bond donors (Lipinski definition) is 1. The van der Waals surface area contributed by atoms with Crippen molar-refractivity contribution in [3.8, 4) is 11.5 Å². The fraction of sp³-hybridized carbons (Fsp3) is 0.412. The minimum Gasteiger partial charge on any atom is -0.490 e. The summed E-state index contributed by atoms with van der Waals surface area (Å²) in [7, 11) is 0. The van der Waals surface area contributed by atoms with Gasteiger partial charge in [-0.1, -0.05) is 13.8 Å². The first-order valence-electron chi connectivity index (χ1n) is 8.04. The topological polar surface area (TPSA) is 81.5 Å². The van der Waals surface area contributed by atoms with Crippen molar-refractivity contribution in [2.75, 3.05) is 13.2 Å². The van der Waals surface area contributed by atoms with Crippen LogP contribution in [-0.2, 0) is 0 Å². The number of rotatable bonds is 7. The number of hydrogen-bond acceptors (Lipinski definition) is 6. The second-order valence-corrected chi connectivity index (χ2v) is 6.21. The third-order valence-electron chi connectivity index (χ3n) is 3.18. The lowest BCUT2D eigenvalue weighted by atomic mass is 10.2. The molecule has 2 rings (SSSR count). The minimum absolute atomic E-state index is 0.133. The van der Waals surface area contributed by atoms with Gasteiger partial charge in [0, 0.05) is 0 Å². The number of benzene rings is 1. The van der Waals surface area contributed by atoms with E-state index in [1.807, 2.05) is 25.1 Å². The zero-order chi connectivity index (χ0) is 18.4. The van der Waals surface area contributed by atoms with Crippen LogP contribution in [0.2, 0.25) is 0 Å². The van der Waals surface area contributed by atoms with Crippen molar-refractivity contribution < 1.29 is 9.47 Å². The van der Waals surface area contributed by atoms with Crippen LogP contribution >= 0.6 is 12.2 Å². The molecule has 1 aromatic heterocycles. The highest BCUT2D eigenvalue weighted by Gasteiger charge is 2.07. The Balaban J connectivity index is 2.31. The van der Waals surface area contributed by atoms with E-state index in [0.717, 1.165) is 10.2 Å². The molecule has 0 radical (unpaired) electrons. The summed E-state index contributed by atoms with van der Waals surface area (Å²) >= 11 is 5.05. The highest BCUT2D eigenvalue weighted by atomic mass is 32.1. The zero-order valence-electron chi connectivity index (χ0n) is 14.8. The second kappa shape index (κ2) is 8.57. The largest absolute Gasteiger partial charge is 0.490 e.